The van der Waals surface area contributed by atoms with E-state index in [1.165, 1.54) is 11.8 Å². The fourth-order valence-corrected chi connectivity index (χ4v) is 4.50. The summed E-state index contributed by atoms with van der Waals surface area (Å²) in [5, 5.41) is 14.5. The number of halogens is 1. The Morgan fingerprint density at radius 3 is 2.92 bits per heavy atom. The van der Waals surface area contributed by atoms with Crippen molar-refractivity contribution in [3.05, 3.63) is 45.7 Å². The van der Waals surface area contributed by atoms with Crippen molar-refractivity contribution in [2.45, 2.75) is 31.0 Å². The number of thioether (sulfide) groups is 1. The first kappa shape index (κ1) is 17.8. The van der Waals surface area contributed by atoms with Gasteiger partial charge in [-0.2, -0.15) is 0 Å². The first-order valence-electron chi connectivity index (χ1n) is 8.29. The maximum atomic E-state index is 12.3. The quantitative estimate of drug-likeness (QED) is 0.530. The second kappa shape index (κ2) is 7.54. The molecule has 0 saturated heterocycles. The number of nitrogens with zero attached hydrogens (tertiary/aromatic N) is 3. The first-order valence-corrected chi connectivity index (χ1v) is 11.0. The number of carbonyl (C=O) groups excluding carboxylic acids is 1. The summed E-state index contributed by atoms with van der Waals surface area (Å²) in [6.45, 7) is 2.02. The standard InChI is InChI=1S/C18H17BrN4OS2/c1-11-4-5-12(9-14(11)19)20-16(24)10-26-18-22-21-17(15-3-2-8-25-15)23(18)13-6-7-13/h2-5,8-9,13H,6-7,10H2,1H3,(H,20,24). The van der Waals surface area contributed by atoms with Crippen molar-refractivity contribution >= 4 is 50.6 Å². The SMILES string of the molecule is Cc1ccc(NC(=O)CSc2nnc(-c3cccs3)n2C2CC2)cc1Br. The molecule has 0 spiro atoms. The van der Waals surface area contributed by atoms with E-state index in [0.29, 0.717) is 11.8 Å². The maximum Gasteiger partial charge on any atom is 0.234 e. The number of carbonyl (C=O) groups is 1. The molecule has 5 nitrogen and oxygen atoms in total. The summed E-state index contributed by atoms with van der Waals surface area (Å²) in [4.78, 5) is 13.4. The molecule has 1 amide bonds. The van der Waals surface area contributed by atoms with Gasteiger partial charge in [-0.1, -0.05) is 39.8 Å². The summed E-state index contributed by atoms with van der Waals surface area (Å²) >= 11 is 6.59. The third kappa shape index (κ3) is 3.87. The van der Waals surface area contributed by atoms with Crippen LogP contribution in [0.15, 0.2) is 45.3 Å². The lowest BCUT2D eigenvalue weighted by molar-refractivity contribution is -0.113. The van der Waals surface area contributed by atoms with E-state index in [-0.39, 0.29) is 5.91 Å². The van der Waals surface area contributed by atoms with Crippen LogP contribution in [0.2, 0.25) is 0 Å². The van der Waals surface area contributed by atoms with E-state index in [1.54, 1.807) is 11.3 Å². The molecule has 0 radical (unpaired) electrons. The number of hydrogen-bond acceptors (Lipinski definition) is 5. The first-order chi connectivity index (χ1) is 12.6. The van der Waals surface area contributed by atoms with Crippen LogP contribution >= 0.6 is 39.0 Å². The largest absolute Gasteiger partial charge is 0.325 e. The number of nitrogens with one attached hydrogen (secondary N) is 1. The van der Waals surface area contributed by atoms with Crippen LogP contribution < -0.4 is 5.32 Å². The molecule has 8 heteroatoms. The van der Waals surface area contributed by atoms with Gasteiger partial charge in [0.25, 0.3) is 0 Å². The predicted octanol–water partition coefficient (Wildman–Crippen LogP) is 5.14. The fraction of sp³-hybridized carbons (Fsp3) is 0.278. The Morgan fingerprint density at radius 1 is 1.38 bits per heavy atom. The van der Waals surface area contributed by atoms with Crippen molar-refractivity contribution in [1.82, 2.24) is 14.8 Å². The van der Waals surface area contributed by atoms with Gasteiger partial charge in [0.15, 0.2) is 11.0 Å². The molecule has 134 valence electrons. The normalized spacial score (nSPS) is 13.8. The summed E-state index contributed by atoms with van der Waals surface area (Å²) in [7, 11) is 0. The van der Waals surface area contributed by atoms with Crippen molar-refractivity contribution in [1.29, 1.82) is 0 Å². The van der Waals surface area contributed by atoms with Gasteiger partial charge in [-0.15, -0.1) is 21.5 Å². The number of amides is 1. The Bertz CT molecular complexity index is 935. The number of hydrogen-bond donors (Lipinski definition) is 1. The van der Waals surface area contributed by atoms with Crippen LogP contribution in [-0.4, -0.2) is 26.4 Å². The number of anilines is 1. The molecular formula is C18H17BrN4OS2. The van der Waals surface area contributed by atoms with Crippen LogP contribution in [-0.2, 0) is 4.79 Å². The summed E-state index contributed by atoms with van der Waals surface area (Å²) in [5.41, 5.74) is 1.92. The molecule has 1 N–H and O–H groups in total. The zero-order valence-corrected chi connectivity index (χ0v) is 17.3. The molecule has 1 aromatic carbocycles. The molecule has 26 heavy (non-hydrogen) atoms. The summed E-state index contributed by atoms with van der Waals surface area (Å²) < 4.78 is 3.17. The third-order valence-electron chi connectivity index (χ3n) is 4.11. The van der Waals surface area contributed by atoms with Crippen LogP contribution in [0.3, 0.4) is 0 Å². The molecule has 0 atom stereocenters. The van der Waals surface area contributed by atoms with Gasteiger partial charge in [-0.3, -0.25) is 9.36 Å². The number of aromatic nitrogens is 3. The summed E-state index contributed by atoms with van der Waals surface area (Å²) in [6, 6.07) is 10.3. The van der Waals surface area contributed by atoms with E-state index in [0.717, 1.165) is 44.4 Å². The minimum atomic E-state index is -0.0474. The molecular weight excluding hydrogens is 432 g/mol. The van der Waals surface area contributed by atoms with Crippen molar-refractivity contribution in [2.75, 3.05) is 11.1 Å². The highest BCUT2D eigenvalue weighted by molar-refractivity contribution is 9.10. The minimum absolute atomic E-state index is 0.0474. The van der Waals surface area contributed by atoms with Crippen molar-refractivity contribution in [3.63, 3.8) is 0 Å². The molecule has 1 aliphatic rings. The molecule has 0 unspecified atom stereocenters. The number of thiophene rings is 1. The molecule has 1 saturated carbocycles. The second-order valence-corrected chi connectivity index (χ2v) is 8.93. The van der Waals surface area contributed by atoms with Gasteiger partial charge in [0, 0.05) is 16.2 Å². The van der Waals surface area contributed by atoms with E-state index in [4.69, 9.17) is 0 Å². The lowest BCUT2D eigenvalue weighted by atomic mass is 10.2. The predicted molar refractivity (Wildman–Crippen MR) is 110 cm³/mol. The monoisotopic (exact) mass is 448 g/mol. The van der Waals surface area contributed by atoms with E-state index < -0.39 is 0 Å². The van der Waals surface area contributed by atoms with Gasteiger partial charge < -0.3 is 5.32 Å². The highest BCUT2D eigenvalue weighted by Gasteiger charge is 2.30. The van der Waals surface area contributed by atoms with Crippen LogP contribution in [0.25, 0.3) is 10.7 Å². The van der Waals surface area contributed by atoms with Crippen LogP contribution in [0.1, 0.15) is 24.4 Å². The molecule has 1 fully saturated rings. The zero-order valence-electron chi connectivity index (χ0n) is 14.1. The molecule has 0 bridgehead atoms. The van der Waals surface area contributed by atoms with Gasteiger partial charge in [0.2, 0.25) is 5.91 Å². The lowest BCUT2D eigenvalue weighted by Gasteiger charge is -2.09. The highest BCUT2D eigenvalue weighted by Crippen LogP contribution is 2.41. The Labute approximate surface area is 168 Å². The number of benzene rings is 1. The molecule has 0 aliphatic heterocycles. The van der Waals surface area contributed by atoms with E-state index >= 15 is 0 Å². The second-order valence-electron chi connectivity index (χ2n) is 6.19. The molecule has 2 aromatic heterocycles. The van der Waals surface area contributed by atoms with Gasteiger partial charge in [-0.05, 0) is 48.9 Å². The van der Waals surface area contributed by atoms with Crippen molar-refractivity contribution in [2.24, 2.45) is 0 Å². The Hall–Kier alpha value is -1.64. The Kier molecular flexibility index (Phi) is 5.15. The van der Waals surface area contributed by atoms with Gasteiger partial charge >= 0.3 is 0 Å². The van der Waals surface area contributed by atoms with E-state index in [9.17, 15) is 4.79 Å². The lowest BCUT2D eigenvalue weighted by Crippen LogP contribution is -2.14. The van der Waals surface area contributed by atoms with Gasteiger partial charge in [0.05, 0.1) is 10.6 Å². The van der Waals surface area contributed by atoms with E-state index in [1.807, 2.05) is 36.6 Å². The number of rotatable bonds is 6. The third-order valence-corrected chi connectivity index (χ3v) is 6.77. The zero-order chi connectivity index (χ0) is 18.1. The van der Waals surface area contributed by atoms with Gasteiger partial charge in [-0.25, -0.2) is 0 Å². The van der Waals surface area contributed by atoms with Crippen LogP contribution in [0.5, 0.6) is 0 Å². The molecule has 4 rings (SSSR count). The maximum absolute atomic E-state index is 12.3. The summed E-state index contributed by atoms with van der Waals surface area (Å²) in [6.07, 6.45) is 2.29. The molecule has 3 aromatic rings. The molecule has 2 heterocycles. The van der Waals surface area contributed by atoms with Gasteiger partial charge in [0.1, 0.15) is 0 Å². The Balaban J connectivity index is 1.44. The average molecular weight is 449 g/mol. The summed E-state index contributed by atoms with van der Waals surface area (Å²) in [5.74, 6) is 1.17. The van der Waals surface area contributed by atoms with Crippen molar-refractivity contribution in [3.8, 4) is 10.7 Å². The Morgan fingerprint density at radius 2 is 2.23 bits per heavy atom. The topological polar surface area (TPSA) is 59.8 Å². The highest BCUT2D eigenvalue weighted by atomic mass is 79.9. The number of aryl methyl sites for hydroxylation is 1. The minimum Gasteiger partial charge on any atom is -0.325 e. The van der Waals surface area contributed by atoms with Crippen LogP contribution in [0, 0.1) is 6.92 Å². The fourth-order valence-electron chi connectivity index (χ4n) is 2.61. The van der Waals surface area contributed by atoms with E-state index in [2.05, 4.69) is 42.1 Å². The molecule has 1 aliphatic carbocycles. The smallest absolute Gasteiger partial charge is 0.234 e. The average Bonchev–Trinajstić information content (AvgIpc) is 3.15. The van der Waals surface area contributed by atoms with Crippen LogP contribution in [0.4, 0.5) is 5.69 Å². The van der Waals surface area contributed by atoms with Crippen molar-refractivity contribution < 1.29 is 4.79 Å².